The van der Waals surface area contributed by atoms with Gasteiger partial charge < -0.3 is 15.4 Å². The monoisotopic (exact) mass is 227 g/mol. The molecule has 4 nitrogen and oxygen atoms in total. The highest BCUT2D eigenvalue weighted by Crippen LogP contribution is 2.32. The highest BCUT2D eigenvalue weighted by Gasteiger charge is 2.18. The van der Waals surface area contributed by atoms with Crippen LogP contribution in [0.4, 0.5) is 10.1 Å². The predicted octanol–water partition coefficient (Wildman–Crippen LogP) is 1.69. The van der Waals surface area contributed by atoms with Gasteiger partial charge in [-0.2, -0.15) is 0 Å². The van der Waals surface area contributed by atoms with E-state index in [1.54, 1.807) is 11.3 Å². The summed E-state index contributed by atoms with van der Waals surface area (Å²) in [6, 6.07) is 0. The molecule has 2 N–H and O–H groups in total. The van der Waals surface area contributed by atoms with Gasteiger partial charge in [0, 0.05) is 13.1 Å². The number of morpholine rings is 1. The molecule has 0 radical (unpaired) electrons. The number of nitrogen functional groups attached to an aromatic ring is 1. The molecule has 0 spiro atoms. The van der Waals surface area contributed by atoms with E-state index >= 15 is 0 Å². The molecule has 0 aromatic carbocycles. The third kappa shape index (κ3) is 2.23. The molecule has 1 aliphatic rings. The van der Waals surface area contributed by atoms with Gasteiger partial charge in [0.15, 0.2) is 5.13 Å². The fourth-order valence-electron chi connectivity index (χ4n) is 1.64. The van der Waals surface area contributed by atoms with E-state index in [0.29, 0.717) is 5.92 Å². The Balaban J connectivity index is 2.17. The van der Waals surface area contributed by atoms with Gasteiger partial charge >= 0.3 is 0 Å². The van der Waals surface area contributed by atoms with Crippen molar-refractivity contribution in [2.75, 3.05) is 36.9 Å². The summed E-state index contributed by atoms with van der Waals surface area (Å²) in [4.78, 5) is 6.84. The SMILES string of the molecule is CC(C)c1nc(N2CCOCC2)sc1N. The van der Waals surface area contributed by atoms with E-state index in [9.17, 15) is 0 Å². The van der Waals surface area contributed by atoms with Crippen LogP contribution in [0.2, 0.25) is 0 Å². The lowest BCUT2D eigenvalue weighted by Gasteiger charge is -2.26. The number of hydrogen-bond donors (Lipinski definition) is 1. The average Bonchev–Trinajstić information content (AvgIpc) is 2.62. The summed E-state index contributed by atoms with van der Waals surface area (Å²) in [7, 11) is 0. The second-order valence-corrected chi connectivity index (χ2v) is 5.01. The van der Waals surface area contributed by atoms with E-state index in [4.69, 9.17) is 10.5 Å². The highest BCUT2D eigenvalue weighted by atomic mass is 32.1. The fourth-order valence-corrected chi connectivity index (χ4v) is 2.67. The maximum atomic E-state index is 5.95. The van der Waals surface area contributed by atoms with Gasteiger partial charge in [0.05, 0.1) is 18.9 Å². The molecular weight excluding hydrogens is 210 g/mol. The lowest BCUT2D eigenvalue weighted by Crippen LogP contribution is -2.36. The van der Waals surface area contributed by atoms with Crippen LogP contribution < -0.4 is 10.6 Å². The van der Waals surface area contributed by atoms with E-state index in [1.807, 2.05) is 0 Å². The fraction of sp³-hybridized carbons (Fsp3) is 0.700. The first-order chi connectivity index (χ1) is 7.18. The van der Waals surface area contributed by atoms with Crippen molar-refractivity contribution in [3.63, 3.8) is 0 Å². The molecule has 1 aromatic rings. The lowest BCUT2D eigenvalue weighted by molar-refractivity contribution is 0.122. The third-order valence-corrected chi connectivity index (χ3v) is 3.46. The van der Waals surface area contributed by atoms with Gasteiger partial charge in [0.25, 0.3) is 0 Å². The zero-order chi connectivity index (χ0) is 10.8. The van der Waals surface area contributed by atoms with E-state index in [1.165, 1.54) is 0 Å². The molecule has 1 aromatic heterocycles. The van der Waals surface area contributed by atoms with Gasteiger partial charge in [-0.15, -0.1) is 0 Å². The first-order valence-electron chi connectivity index (χ1n) is 5.27. The average molecular weight is 227 g/mol. The number of ether oxygens (including phenoxy) is 1. The van der Waals surface area contributed by atoms with Gasteiger partial charge in [-0.25, -0.2) is 4.98 Å². The Morgan fingerprint density at radius 3 is 2.60 bits per heavy atom. The van der Waals surface area contributed by atoms with Crippen molar-refractivity contribution in [2.24, 2.45) is 0 Å². The Morgan fingerprint density at radius 2 is 2.07 bits per heavy atom. The highest BCUT2D eigenvalue weighted by molar-refractivity contribution is 7.19. The van der Waals surface area contributed by atoms with Crippen LogP contribution in [-0.2, 0) is 4.74 Å². The summed E-state index contributed by atoms with van der Waals surface area (Å²) in [5.41, 5.74) is 6.98. The summed E-state index contributed by atoms with van der Waals surface area (Å²) in [6.07, 6.45) is 0. The number of thiazole rings is 1. The number of hydrogen-bond acceptors (Lipinski definition) is 5. The minimum atomic E-state index is 0.399. The van der Waals surface area contributed by atoms with Crippen molar-refractivity contribution in [3.05, 3.63) is 5.69 Å². The van der Waals surface area contributed by atoms with Crippen LogP contribution in [0.25, 0.3) is 0 Å². The zero-order valence-electron chi connectivity index (χ0n) is 9.19. The van der Waals surface area contributed by atoms with Crippen LogP contribution in [0.5, 0.6) is 0 Å². The molecule has 0 saturated carbocycles. The smallest absolute Gasteiger partial charge is 0.187 e. The second kappa shape index (κ2) is 4.37. The number of aromatic nitrogens is 1. The van der Waals surface area contributed by atoms with Crippen molar-refractivity contribution in [1.29, 1.82) is 0 Å². The van der Waals surface area contributed by atoms with Crippen molar-refractivity contribution in [2.45, 2.75) is 19.8 Å². The van der Waals surface area contributed by atoms with Gasteiger partial charge in [0.2, 0.25) is 0 Å². The Morgan fingerprint density at radius 1 is 1.40 bits per heavy atom. The summed E-state index contributed by atoms with van der Waals surface area (Å²) in [6.45, 7) is 7.66. The first kappa shape index (κ1) is 10.7. The summed E-state index contributed by atoms with van der Waals surface area (Å²) in [5.74, 6) is 0.399. The van der Waals surface area contributed by atoms with Crippen LogP contribution in [0.15, 0.2) is 0 Å². The Labute approximate surface area is 94.1 Å². The number of nitrogens with zero attached hydrogens (tertiary/aromatic N) is 2. The first-order valence-corrected chi connectivity index (χ1v) is 6.09. The number of anilines is 2. The van der Waals surface area contributed by atoms with E-state index in [0.717, 1.165) is 42.1 Å². The van der Waals surface area contributed by atoms with Gasteiger partial charge in [-0.1, -0.05) is 25.2 Å². The Hall–Kier alpha value is -0.810. The zero-order valence-corrected chi connectivity index (χ0v) is 10.0. The van der Waals surface area contributed by atoms with E-state index < -0.39 is 0 Å². The molecule has 0 atom stereocenters. The minimum absolute atomic E-state index is 0.399. The van der Waals surface area contributed by atoms with Crippen LogP contribution in [0.3, 0.4) is 0 Å². The molecule has 0 bridgehead atoms. The van der Waals surface area contributed by atoms with E-state index in [-0.39, 0.29) is 0 Å². The van der Waals surface area contributed by atoms with Gasteiger partial charge in [-0.05, 0) is 5.92 Å². The maximum Gasteiger partial charge on any atom is 0.187 e. The molecule has 1 fully saturated rings. The van der Waals surface area contributed by atoms with Crippen molar-refractivity contribution >= 4 is 21.5 Å². The predicted molar refractivity (Wildman–Crippen MR) is 63.6 cm³/mol. The number of nitrogens with two attached hydrogens (primary N) is 1. The van der Waals surface area contributed by atoms with Crippen LogP contribution in [0.1, 0.15) is 25.5 Å². The van der Waals surface area contributed by atoms with Crippen LogP contribution in [0, 0.1) is 0 Å². The standard InChI is InChI=1S/C10H17N3OS/c1-7(2)8-9(11)15-10(12-8)13-3-5-14-6-4-13/h7H,3-6,11H2,1-2H3. The normalized spacial score (nSPS) is 17.4. The largest absolute Gasteiger partial charge is 0.389 e. The molecule has 0 unspecified atom stereocenters. The van der Waals surface area contributed by atoms with Crippen LogP contribution >= 0.6 is 11.3 Å². The summed E-state index contributed by atoms with van der Waals surface area (Å²) < 4.78 is 5.31. The quantitative estimate of drug-likeness (QED) is 0.835. The third-order valence-electron chi connectivity index (χ3n) is 2.50. The van der Waals surface area contributed by atoms with Gasteiger partial charge in [-0.3, -0.25) is 0 Å². The van der Waals surface area contributed by atoms with Crippen molar-refractivity contribution in [1.82, 2.24) is 4.98 Å². The lowest BCUT2D eigenvalue weighted by atomic mass is 10.1. The molecule has 84 valence electrons. The van der Waals surface area contributed by atoms with Crippen molar-refractivity contribution < 1.29 is 4.74 Å². The molecule has 5 heteroatoms. The molecule has 1 aliphatic heterocycles. The molecule has 2 rings (SSSR count). The molecule has 2 heterocycles. The minimum Gasteiger partial charge on any atom is -0.389 e. The summed E-state index contributed by atoms with van der Waals surface area (Å²) >= 11 is 1.59. The van der Waals surface area contributed by atoms with E-state index in [2.05, 4.69) is 23.7 Å². The van der Waals surface area contributed by atoms with Crippen LogP contribution in [-0.4, -0.2) is 31.3 Å². The molecule has 15 heavy (non-hydrogen) atoms. The maximum absolute atomic E-state index is 5.95. The molecule has 0 amide bonds. The molecule has 1 saturated heterocycles. The molecular formula is C10H17N3OS. The Bertz CT molecular complexity index is 331. The second-order valence-electron chi connectivity index (χ2n) is 4.00. The topological polar surface area (TPSA) is 51.4 Å². The van der Waals surface area contributed by atoms with Gasteiger partial charge in [0.1, 0.15) is 5.00 Å². The van der Waals surface area contributed by atoms with Crippen molar-refractivity contribution in [3.8, 4) is 0 Å². The Kier molecular flexibility index (Phi) is 3.11. The summed E-state index contributed by atoms with van der Waals surface area (Å²) in [5, 5.41) is 1.89. The number of rotatable bonds is 2. The molecule has 0 aliphatic carbocycles.